The number of halogens is 1. The average Bonchev–Trinajstić information content (AvgIpc) is 1.97. The molecule has 0 amide bonds. The van der Waals surface area contributed by atoms with Gasteiger partial charge in [-0.2, -0.15) is 0 Å². The molecule has 64 valence electrons. The Morgan fingerprint density at radius 3 is 2.64 bits per heavy atom. The first-order valence-electron chi connectivity index (χ1n) is 3.56. The Bertz CT molecular complexity index is 171. The first kappa shape index (κ1) is 9.25. The van der Waals surface area contributed by atoms with Gasteiger partial charge in [0.2, 0.25) is 0 Å². The molecule has 1 aliphatic heterocycles. The maximum absolute atomic E-state index is 11.0. The van der Waals surface area contributed by atoms with Crippen LogP contribution >= 0.6 is 22.6 Å². The van der Waals surface area contributed by atoms with Crippen LogP contribution < -0.4 is 0 Å². The van der Waals surface area contributed by atoms with Crippen LogP contribution in [0.25, 0.3) is 0 Å². The lowest BCUT2D eigenvalue weighted by atomic mass is 9.97. The zero-order valence-electron chi connectivity index (χ0n) is 6.45. The van der Waals surface area contributed by atoms with E-state index in [9.17, 15) is 9.90 Å². The second kappa shape index (κ2) is 3.26. The van der Waals surface area contributed by atoms with E-state index in [2.05, 4.69) is 22.6 Å². The molecule has 1 heterocycles. The predicted molar refractivity (Wildman–Crippen MR) is 48.5 cm³/mol. The number of alkyl halides is 1. The van der Waals surface area contributed by atoms with Crippen molar-refractivity contribution >= 4 is 28.6 Å². The minimum atomic E-state index is -0.563. The number of carbonyl (C=O) groups is 1. The fourth-order valence-electron chi connectivity index (χ4n) is 1.05. The van der Waals surface area contributed by atoms with Crippen LogP contribution in [0.4, 0.5) is 0 Å². The van der Waals surface area contributed by atoms with Crippen LogP contribution in [0.15, 0.2) is 0 Å². The highest BCUT2D eigenvalue weighted by atomic mass is 127. The quantitative estimate of drug-likeness (QED) is 0.401. The van der Waals surface area contributed by atoms with E-state index in [-0.39, 0.29) is 21.9 Å². The summed E-state index contributed by atoms with van der Waals surface area (Å²) < 4.78 is 4.99. The van der Waals surface area contributed by atoms with Crippen molar-refractivity contribution in [3.8, 4) is 0 Å². The number of cyclic esters (lactones) is 1. The summed E-state index contributed by atoms with van der Waals surface area (Å²) in [5.41, 5.74) is 0. The van der Waals surface area contributed by atoms with Crippen LogP contribution in [-0.2, 0) is 9.53 Å². The highest BCUT2D eigenvalue weighted by Gasteiger charge is 2.39. The smallest absolute Gasteiger partial charge is 0.311 e. The third kappa shape index (κ3) is 1.66. The van der Waals surface area contributed by atoms with E-state index in [0.717, 1.165) is 0 Å². The van der Waals surface area contributed by atoms with Gasteiger partial charge < -0.3 is 9.84 Å². The molecule has 11 heavy (non-hydrogen) atoms. The third-order valence-corrected chi connectivity index (χ3v) is 3.71. The summed E-state index contributed by atoms with van der Waals surface area (Å²) in [6.07, 6.45) is -0.735. The zero-order valence-corrected chi connectivity index (χ0v) is 8.61. The molecule has 1 saturated heterocycles. The highest BCUT2D eigenvalue weighted by Crippen LogP contribution is 2.26. The first-order chi connectivity index (χ1) is 5.04. The van der Waals surface area contributed by atoms with Crippen LogP contribution in [0.3, 0.4) is 0 Å². The highest BCUT2D eigenvalue weighted by molar-refractivity contribution is 14.1. The lowest BCUT2D eigenvalue weighted by Gasteiger charge is -2.32. The minimum Gasteiger partial charge on any atom is -0.461 e. The van der Waals surface area contributed by atoms with E-state index in [1.807, 2.05) is 0 Å². The first-order valence-corrected chi connectivity index (χ1v) is 4.81. The van der Waals surface area contributed by atoms with Crippen LogP contribution in [0.1, 0.15) is 13.8 Å². The molecule has 1 rings (SSSR count). The number of aliphatic hydroxyl groups excluding tert-OH is 1. The maximum Gasteiger partial charge on any atom is 0.311 e. The molecule has 1 unspecified atom stereocenters. The van der Waals surface area contributed by atoms with Gasteiger partial charge in [-0.25, -0.2) is 0 Å². The van der Waals surface area contributed by atoms with Crippen molar-refractivity contribution in [3.05, 3.63) is 0 Å². The summed E-state index contributed by atoms with van der Waals surface area (Å²) >= 11 is 2.11. The Kier molecular flexibility index (Phi) is 2.74. The monoisotopic (exact) mass is 270 g/mol. The zero-order chi connectivity index (χ0) is 8.59. The molecule has 3 nitrogen and oxygen atoms in total. The van der Waals surface area contributed by atoms with E-state index in [1.54, 1.807) is 13.8 Å². The molecule has 0 aromatic heterocycles. The lowest BCUT2D eigenvalue weighted by Crippen LogP contribution is -2.47. The molecule has 0 spiro atoms. The van der Waals surface area contributed by atoms with Crippen LogP contribution in [-0.4, -0.2) is 27.2 Å². The molecule has 1 fully saturated rings. The van der Waals surface area contributed by atoms with Gasteiger partial charge in [0.1, 0.15) is 6.10 Å². The Balaban J connectivity index is 2.70. The number of esters is 1. The summed E-state index contributed by atoms with van der Waals surface area (Å²) in [5, 5.41) is 9.48. The molecule has 0 aromatic rings. The summed E-state index contributed by atoms with van der Waals surface area (Å²) in [7, 11) is 0. The van der Waals surface area contributed by atoms with Gasteiger partial charge in [0.05, 0.1) is 15.9 Å². The number of hydrogen-bond donors (Lipinski definition) is 1. The lowest BCUT2D eigenvalue weighted by molar-refractivity contribution is -0.165. The second-order valence-corrected chi connectivity index (χ2v) is 4.30. The van der Waals surface area contributed by atoms with Crippen molar-refractivity contribution in [2.45, 2.75) is 30.0 Å². The number of ether oxygens (including phenoxy) is 1. The normalized spacial score (nSPS) is 45.3. The van der Waals surface area contributed by atoms with Crippen LogP contribution in [0.2, 0.25) is 0 Å². The largest absolute Gasteiger partial charge is 0.461 e. The van der Waals surface area contributed by atoms with Crippen molar-refractivity contribution < 1.29 is 14.6 Å². The van der Waals surface area contributed by atoms with Crippen molar-refractivity contribution in [1.82, 2.24) is 0 Å². The van der Waals surface area contributed by atoms with Crippen molar-refractivity contribution in [1.29, 1.82) is 0 Å². The standard InChI is InChI=1S/C7H11IO3/c1-3-6(9)5(8)4(2)11-7(3)10/h3-6,9H,1-2H3/t3?,4-,5+,6-/m1/s1. The van der Waals surface area contributed by atoms with Gasteiger partial charge in [0.25, 0.3) is 0 Å². The SMILES string of the molecule is CC1C(=O)O[C@H](C)[C@H](I)[C@@H]1O. The molecule has 1 N–H and O–H groups in total. The van der Waals surface area contributed by atoms with E-state index in [1.165, 1.54) is 0 Å². The van der Waals surface area contributed by atoms with Gasteiger partial charge in [-0.05, 0) is 13.8 Å². The molecular formula is C7H11IO3. The molecule has 0 aromatic carbocycles. The van der Waals surface area contributed by atoms with Gasteiger partial charge in [-0.3, -0.25) is 4.79 Å². The summed E-state index contributed by atoms with van der Waals surface area (Å²) in [4.78, 5) is 11.0. The number of rotatable bonds is 0. The maximum atomic E-state index is 11.0. The average molecular weight is 270 g/mol. The molecule has 0 aliphatic carbocycles. The third-order valence-electron chi connectivity index (χ3n) is 1.96. The Labute approximate surface area is 79.3 Å². The van der Waals surface area contributed by atoms with Gasteiger partial charge in [-0.15, -0.1) is 0 Å². The van der Waals surface area contributed by atoms with E-state index in [0.29, 0.717) is 0 Å². The topological polar surface area (TPSA) is 46.5 Å². The Hall–Kier alpha value is 0.160. The molecule has 0 bridgehead atoms. The summed E-state index contributed by atoms with van der Waals surface area (Å²) in [6.45, 7) is 3.48. The minimum absolute atomic E-state index is 0.0142. The number of hydrogen-bond acceptors (Lipinski definition) is 3. The van der Waals surface area contributed by atoms with Crippen molar-refractivity contribution in [3.63, 3.8) is 0 Å². The van der Waals surface area contributed by atoms with Crippen molar-refractivity contribution in [2.24, 2.45) is 5.92 Å². The van der Waals surface area contributed by atoms with Crippen LogP contribution in [0, 0.1) is 5.92 Å². The Morgan fingerprint density at radius 2 is 2.09 bits per heavy atom. The van der Waals surface area contributed by atoms with Gasteiger partial charge in [0.15, 0.2) is 0 Å². The molecule has 4 heteroatoms. The molecule has 1 aliphatic rings. The molecule has 0 saturated carbocycles. The molecule has 4 atom stereocenters. The van der Waals surface area contributed by atoms with E-state index >= 15 is 0 Å². The van der Waals surface area contributed by atoms with E-state index < -0.39 is 6.10 Å². The van der Waals surface area contributed by atoms with Crippen molar-refractivity contribution in [2.75, 3.05) is 0 Å². The predicted octanol–water partition coefficient (Wildman–Crippen LogP) is 0.732. The molecular weight excluding hydrogens is 259 g/mol. The summed E-state index contributed by atoms with van der Waals surface area (Å²) in [5.74, 6) is -0.675. The van der Waals surface area contributed by atoms with Gasteiger partial charge in [-0.1, -0.05) is 22.6 Å². The van der Waals surface area contributed by atoms with E-state index in [4.69, 9.17) is 4.74 Å². The van der Waals surface area contributed by atoms with Gasteiger partial charge in [0, 0.05) is 0 Å². The molecule has 0 radical (unpaired) electrons. The number of carbonyl (C=O) groups excluding carboxylic acids is 1. The Morgan fingerprint density at radius 1 is 1.55 bits per heavy atom. The van der Waals surface area contributed by atoms with Gasteiger partial charge >= 0.3 is 5.97 Å². The fraction of sp³-hybridized carbons (Fsp3) is 0.857. The number of aliphatic hydroxyl groups is 1. The fourth-order valence-corrected chi connectivity index (χ4v) is 1.82. The van der Waals surface area contributed by atoms with Crippen LogP contribution in [0.5, 0.6) is 0 Å². The second-order valence-electron chi connectivity index (χ2n) is 2.87. The summed E-state index contributed by atoms with van der Waals surface area (Å²) in [6, 6.07) is 0.